The van der Waals surface area contributed by atoms with Crippen LogP contribution in [0.5, 0.6) is 11.6 Å². The quantitative estimate of drug-likeness (QED) is 0.320. The number of ether oxygens (including phenoxy) is 1. The van der Waals surface area contributed by atoms with Gasteiger partial charge in [0.15, 0.2) is 5.82 Å². The minimum Gasteiger partial charge on any atom is -0.439 e. The Bertz CT molecular complexity index is 1430. The largest absolute Gasteiger partial charge is 0.439 e. The van der Waals surface area contributed by atoms with E-state index in [4.69, 9.17) is 4.74 Å². The monoisotopic (exact) mass is 466 g/mol. The summed E-state index contributed by atoms with van der Waals surface area (Å²) in [6.45, 7) is 3.80. The number of hydrogen-bond donors (Lipinski definition) is 1. The average molecular weight is 466 g/mol. The molecule has 2 heterocycles. The molecule has 0 aliphatic rings. The van der Waals surface area contributed by atoms with Gasteiger partial charge in [0.25, 0.3) is 15.7 Å². The zero-order valence-electron chi connectivity index (χ0n) is 17.5. The summed E-state index contributed by atoms with van der Waals surface area (Å²) in [4.78, 5) is 18.4. The number of nitrogens with zero attached hydrogens (tertiary/aromatic N) is 5. The molecule has 0 amide bonds. The number of hydrogen-bond acceptors (Lipinski definition) is 8. The molecule has 0 unspecified atom stereocenters. The van der Waals surface area contributed by atoms with Crippen LogP contribution in [-0.4, -0.2) is 33.1 Å². The fourth-order valence-corrected chi connectivity index (χ4v) is 4.15. The van der Waals surface area contributed by atoms with E-state index in [1.54, 1.807) is 22.9 Å². The molecule has 0 atom stereocenters. The highest BCUT2D eigenvalue weighted by Crippen LogP contribution is 2.25. The van der Waals surface area contributed by atoms with Crippen LogP contribution in [0.3, 0.4) is 0 Å². The van der Waals surface area contributed by atoms with E-state index in [9.17, 15) is 18.5 Å². The lowest BCUT2D eigenvalue weighted by molar-refractivity contribution is -0.385. The molecule has 12 heteroatoms. The van der Waals surface area contributed by atoms with E-state index in [1.807, 2.05) is 19.9 Å². The van der Waals surface area contributed by atoms with Crippen LogP contribution in [-0.2, 0) is 10.0 Å². The fourth-order valence-electron chi connectivity index (χ4n) is 3.05. The predicted octanol–water partition coefficient (Wildman–Crippen LogP) is 3.78. The van der Waals surface area contributed by atoms with Crippen molar-refractivity contribution in [3.05, 3.63) is 88.5 Å². The zero-order valence-corrected chi connectivity index (χ0v) is 18.4. The van der Waals surface area contributed by atoms with Crippen molar-refractivity contribution in [3.63, 3.8) is 0 Å². The number of nitro benzene ring substituents is 1. The molecule has 1 N–H and O–H groups in total. The summed E-state index contributed by atoms with van der Waals surface area (Å²) in [5.74, 6) is 1.26. The van der Waals surface area contributed by atoms with Gasteiger partial charge in [0.2, 0.25) is 5.88 Å². The van der Waals surface area contributed by atoms with Crippen LogP contribution in [0.4, 0.5) is 11.4 Å². The van der Waals surface area contributed by atoms with Gasteiger partial charge in [-0.15, -0.1) is 0 Å². The number of nitrogens with one attached hydrogen (secondary N) is 1. The van der Waals surface area contributed by atoms with Gasteiger partial charge >= 0.3 is 0 Å². The molecule has 0 fully saturated rings. The van der Waals surface area contributed by atoms with Crippen molar-refractivity contribution < 1.29 is 18.1 Å². The van der Waals surface area contributed by atoms with Crippen LogP contribution >= 0.6 is 0 Å². The first-order chi connectivity index (χ1) is 15.7. The second kappa shape index (κ2) is 8.67. The van der Waals surface area contributed by atoms with Crippen molar-refractivity contribution in [1.82, 2.24) is 19.7 Å². The Morgan fingerprint density at radius 2 is 1.79 bits per heavy atom. The van der Waals surface area contributed by atoms with Gasteiger partial charge in [-0.2, -0.15) is 5.10 Å². The van der Waals surface area contributed by atoms with Crippen molar-refractivity contribution in [2.45, 2.75) is 18.7 Å². The third-order valence-electron chi connectivity index (χ3n) is 4.52. The van der Waals surface area contributed by atoms with Crippen LogP contribution in [0.2, 0.25) is 0 Å². The number of anilines is 1. The van der Waals surface area contributed by atoms with E-state index in [0.29, 0.717) is 11.6 Å². The minimum absolute atomic E-state index is 0.213. The lowest BCUT2D eigenvalue weighted by Gasteiger charge is -2.10. The van der Waals surface area contributed by atoms with Crippen LogP contribution in [0, 0.1) is 24.0 Å². The van der Waals surface area contributed by atoms with Gasteiger partial charge < -0.3 is 4.74 Å². The highest BCUT2D eigenvalue weighted by molar-refractivity contribution is 7.92. The van der Waals surface area contributed by atoms with Crippen molar-refractivity contribution in [2.24, 2.45) is 0 Å². The SMILES string of the molecule is Cc1cc(C)n(-c2cc(Oc3ccc(NS(=O)(=O)c4cccc([N+](=O)[O-])c4)cc3)ncn2)n1. The molecule has 0 aliphatic carbocycles. The molecule has 0 radical (unpaired) electrons. The molecule has 168 valence electrons. The maximum Gasteiger partial charge on any atom is 0.270 e. The summed E-state index contributed by atoms with van der Waals surface area (Å²) < 4.78 is 34.9. The molecule has 33 heavy (non-hydrogen) atoms. The summed E-state index contributed by atoms with van der Waals surface area (Å²) >= 11 is 0. The van der Waals surface area contributed by atoms with Crippen LogP contribution < -0.4 is 9.46 Å². The molecule has 11 nitrogen and oxygen atoms in total. The summed E-state index contributed by atoms with van der Waals surface area (Å²) in [5, 5.41) is 15.3. The molecular formula is C21H18N6O5S. The Morgan fingerprint density at radius 3 is 2.45 bits per heavy atom. The lowest BCUT2D eigenvalue weighted by atomic mass is 10.3. The smallest absolute Gasteiger partial charge is 0.270 e. The highest BCUT2D eigenvalue weighted by Gasteiger charge is 2.18. The maximum absolute atomic E-state index is 12.6. The van der Waals surface area contributed by atoms with Crippen molar-refractivity contribution in [1.29, 1.82) is 0 Å². The van der Waals surface area contributed by atoms with E-state index in [-0.39, 0.29) is 22.2 Å². The third kappa shape index (κ3) is 4.96. The van der Waals surface area contributed by atoms with Gasteiger partial charge in [-0.3, -0.25) is 14.8 Å². The van der Waals surface area contributed by atoms with Crippen molar-refractivity contribution in [2.75, 3.05) is 4.72 Å². The van der Waals surface area contributed by atoms with Gasteiger partial charge in [0.1, 0.15) is 12.1 Å². The molecular weight excluding hydrogens is 448 g/mol. The Balaban J connectivity index is 1.49. The minimum atomic E-state index is -4.01. The molecule has 0 bridgehead atoms. The van der Waals surface area contributed by atoms with Gasteiger partial charge in [-0.05, 0) is 50.2 Å². The van der Waals surface area contributed by atoms with Crippen molar-refractivity contribution >= 4 is 21.4 Å². The Labute approximate surface area is 188 Å². The van der Waals surface area contributed by atoms with Gasteiger partial charge in [0, 0.05) is 29.6 Å². The molecule has 2 aromatic carbocycles. The summed E-state index contributed by atoms with van der Waals surface area (Å²) in [6.07, 6.45) is 1.36. The predicted molar refractivity (Wildman–Crippen MR) is 119 cm³/mol. The molecule has 4 rings (SSSR count). The number of non-ortho nitro benzene ring substituents is 1. The first-order valence-electron chi connectivity index (χ1n) is 9.62. The van der Waals surface area contributed by atoms with Gasteiger partial charge in [-0.1, -0.05) is 6.07 Å². The van der Waals surface area contributed by atoms with Crippen LogP contribution in [0.15, 0.2) is 71.9 Å². The third-order valence-corrected chi connectivity index (χ3v) is 5.90. The number of aryl methyl sites for hydroxylation is 2. The van der Waals surface area contributed by atoms with Crippen LogP contribution in [0.25, 0.3) is 5.82 Å². The first-order valence-corrected chi connectivity index (χ1v) is 11.1. The summed E-state index contributed by atoms with van der Waals surface area (Å²) in [7, 11) is -4.01. The highest BCUT2D eigenvalue weighted by atomic mass is 32.2. The van der Waals surface area contributed by atoms with Gasteiger partial charge in [-0.25, -0.2) is 23.1 Å². The van der Waals surface area contributed by atoms with E-state index >= 15 is 0 Å². The molecule has 0 saturated carbocycles. The maximum atomic E-state index is 12.6. The molecule has 0 aliphatic heterocycles. The van der Waals surface area contributed by atoms with E-state index < -0.39 is 14.9 Å². The molecule has 2 aromatic heterocycles. The Morgan fingerprint density at radius 1 is 1.03 bits per heavy atom. The second-order valence-corrected chi connectivity index (χ2v) is 8.72. The number of rotatable bonds is 7. The Hall–Kier alpha value is -4.32. The number of aromatic nitrogens is 4. The second-order valence-electron chi connectivity index (χ2n) is 7.04. The number of sulfonamides is 1. The topological polar surface area (TPSA) is 142 Å². The first kappa shape index (κ1) is 21.9. The summed E-state index contributed by atoms with van der Waals surface area (Å²) in [5.41, 5.74) is 1.72. The normalized spacial score (nSPS) is 11.2. The summed E-state index contributed by atoms with van der Waals surface area (Å²) in [6, 6.07) is 14.5. The van der Waals surface area contributed by atoms with E-state index in [2.05, 4.69) is 19.8 Å². The zero-order chi connectivity index (χ0) is 23.6. The fraction of sp³-hybridized carbons (Fsp3) is 0.0952. The standard InChI is InChI=1S/C21H18N6O5S/c1-14-10-15(2)26(24-14)20-12-21(23-13-22-20)32-18-8-6-16(7-9-18)25-33(30,31)19-5-3-4-17(11-19)27(28)29/h3-13,25H,1-2H3. The Kier molecular flexibility index (Phi) is 5.75. The molecule has 4 aromatic rings. The number of nitro groups is 1. The van der Waals surface area contributed by atoms with Crippen molar-refractivity contribution in [3.8, 4) is 17.4 Å². The average Bonchev–Trinajstić information content (AvgIpc) is 3.13. The van der Waals surface area contributed by atoms with Gasteiger partial charge in [0.05, 0.1) is 15.5 Å². The van der Waals surface area contributed by atoms with E-state index in [1.165, 1.54) is 36.7 Å². The lowest BCUT2D eigenvalue weighted by Crippen LogP contribution is -2.13. The molecule has 0 spiro atoms. The molecule has 0 saturated heterocycles. The van der Waals surface area contributed by atoms with E-state index in [0.717, 1.165) is 17.5 Å². The number of benzene rings is 2. The van der Waals surface area contributed by atoms with Crippen LogP contribution in [0.1, 0.15) is 11.4 Å².